The topological polar surface area (TPSA) is 93.2 Å². The number of fused-ring (bicyclic) bond motifs is 1. The molecule has 202 valence electrons. The second-order valence-electron chi connectivity index (χ2n) is 9.44. The third-order valence-electron chi connectivity index (χ3n) is 7.08. The number of rotatable bonds is 6. The molecule has 40 heavy (non-hydrogen) atoms. The summed E-state index contributed by atoms with van der Waals surface area (Å²) in [5.41, 5.74) is 1.93. The molecule has 2 aliphatic heterocycles. The fourth-order valence-corrected chi connectivity index (χ4v) is 6.30. The van der Waals surface area contributed by atoms with Crippen LogP contribution in [0.1, 0.15) is 17.2 Å². The largest absolute Gasteiger partial charge is 0.379 e. The molecule has 2 aliphatic rings. The highest BCUT2D eigenvalue weighted by Crippen LogP contribution is 2.50. The predicted molar refractivity (Wildman–Crippen MR) is 149 cm³/mol. The SMILES string of the molecule is Cc1c(Cl)cccc1N1C(=O)[C@H]2[C@@H](c3ccccc3OS(=O)(=O)c3ccccc3)N(c3ccccc3)O[C@H]2C1=O. The van der Waals surface area contributed by atoms with Gasteiger partial charge >= 0.3 is 10.1 Å². The molecular weight excluding hydrogens is 552 g/mol. The maximum absolute atomic E-state index is 14.0. The Balaban J connectivity index is 1.46. The summed E-state index contributed by atoms with van der Waals surface area (Å²) in [6, 6.07) is 27.5. The highest BCUT2D eigenvalue weighted by molar-refractivity contribution is 7.87. The highest BCUT2D eigenvalue weighted by atomic mass is 35.5. The Kier molecular flexibility index (Phi) is 6.58. The first-order chi connectivity index (χ1) is 19.3. The lowest BCUT2D eigenvalue weighted by atomic mass is 9.90. The Morgan fingerprint density at radius 1 is 0.800 bits per heavy atom. The van der Waals surface area contributed by atoms with Crippen molar-refractivity contribution in [2.24, 2.45) is 5.92 Å². The minimum atomic E-state index is -4.19. The van der Waals surface area contributed by atoms with Crippen molar-refractivity contribution in [1.82, 2.24) is 0 Å². The lowest BCUT2D eigenvalue weighted by Crippen LogP contribution is -2.38. The van der Waals surface area contributed by atoms with E-state index >= 15 is 0 Å². The fraction of sp³-hybridized carbons (Fsp3) is 0.133. The van der Waals surface area contributed by atoms with Crippen LogP contribution in [0.4, 0.5) is 11.4 Å². The van der Waals surface area contributed by atoms with Gasteiger partial charge in [-0.2, -0.15) is 8.42 Å². The molecule has 4 aromatic rings. The van der Waals surface area contributed by atoms with Gasteiger partial charge in [0.1, 0.15) is 16.6 Å². The Morgan fingerprint density at radius 2 is 1.45 bits per heavy atom. The van der Waals surface area contributed by atoms with Gasteiger partial charge in [-0.1, -0.05) is 72.3 Å². The highest BCUT2D eigenvalue weighted by Gasteiger charge is 2.61. The number of carbonyl (C=O) groups is 2. The number of nitrogens with zero attached hydrogens (tertiary/aromatic N) is 2. The Hall–Kier alpha value is -4.18. The maximum Gasteiger partial charge on any atom is 0.339 e. The Morgan fingerprint density at radius 3 is 2.17 bits per heavy atom. The van der Waals surface area contributed by atoms with Gasteiger partial charge in [0, 0.05) is 10.6 Å². The minimum Gasteiger partial charge on any atom is -0.379 e. The third-order valence-corrected chi connectivity index (χ3v) is 8.73. The number of halogens is 1. The van der Waals surface area contributed by atoms with E-state index in [2.05, 4.69) is 0 Å². The van der Waals surface area contributed by atoms with Gasteiger partial charge < -0.3 is 4.18 Å². The van der Waals surface area contributed by atoms with E-state index in [0.29, 0.717) is 27.5 Å². The lowest BCUT2D eigenvalue weighted by Gasteiger charge is -2.30. The molecule has 0 N–H and O–H groups in total. The molecule has 0 bridgehead atoms. The van der Waals surface area contributed by atoms with Crippen molar-refractivity contribution in [2.45, 2.75) is 24.0 Å². The molecular formula is C30H23ClN2O6S. The molecule has 0 unspecified atom stereocenters. The molecule has 0 aromatic heterocycles. The van der Waals surface area contributed by atoms with E-state index in [-0.39, 0.29) is 10.6 Å². The summed E-state index contributed by atoms with van der Waals surface area (Å²) in [7, 11) is -4.19. The average Bonchev–Trinajstić information content (AvgIpc) is 3.47. The molecule has 6 rings (SSSR count). The number of hydrogen-bond acceptors (Lipinski definition) is 7. The van der Waals surface area contributed by atoms with Crippen LogP contribution in [0.5, 0.6) is 5.75 Å². The Labute approximate surface area is 236 Å². The zero-order valence-electron chi connectivity index (χ0n) is 21.2. The van der Waals surface area contributed by atoms with Gasteiger partial charge in [0.15, 0.2) is 6.10 Å². The van der Waals surface area contributed by atoms with E-state index in [4.69, 9.17) is 20.6 Å². The molecule has 0 aliphatic carbocycles. The molecule has 0 spiro atoms. The summed E-state index contributed by atoms with van der Waals surface area (Å²) >= 11 is 6.31. The first-order valence-electron chi connectivity index (χ1n) is 12.5. The van der Waals surface area contributed by atoms with Crippen molar-refractivity contribution < 1.29 is 27.0 Å². The van der Waals surface area contributed by atoms with Crippen LogP contribution in [-0.2, 0) is 24.5 Å². The molecule has 2 heterocycles. The van der Waals surface area contributed by atoms with Gasteiger partial charge in [-0.05, 0) is 55.0 Å². The van der Waals surface area contributed by atoms with Crippen LogP contribution in [-0.4, -0.2) is 26.3 Å². The number of carbonyl (C=O) groups excluding carboxylic acids is 2. The average molecular weight is 575 g/mol. The molecule has 8 nitrogen and oxygen atoms in total. The number of imide groups is 1. The predicted octanol–water partition coefficient (Wildman–Crippen LogP) is 5.47. The van der Waals surface area contributed by atoms with Crippen LogP contribution in [0, 0.1) is 12.8 Å². The zero-order chi connectivity index (χ0) is 28.0. The summed E-state index contributed by atoms with van der Waals surface area (Å²) in [6.07, 6.45) is -1.14. The molecule has 2 fully saturated rings. The van der Waals surface area contributed by atoms with Gasteiger partial charge in [0.2, 0.25) is 5.91 Å². The van der Waals surface area contributed by atoms with Gasteiger partial charge in [0.05, 0.1) is 17.4 Å². The summed E-state index contributed by atoms with van der Waals surface area (Å²) in [6.45, 7) is 1.73. The standard InChI is InChI=1S/C30H23ClN2O6S/c1-19-23(31)16-10-17-24(19)32-29(34)26-27(33(38-28(26)30(32)35)20-11-4-2-5-12-20)22-15-8-9-18-25(22)39-40(36,37)21-13-6-3-7-14-21/h2-18,26-28H,1H3/t26-,27+,28+/m0/s1. The first-order valence-corrected chi connectivity index (χ1v) is 14.3. The zero-order valence-corrected chi connectivity index (χ0v) is 22.7. The molecule has 2 saturated heterocycles. The monoisotopic (exact) mass is 574 g/mol. The van der Waals surface area contributed by atoms with Crippen LogP contribution in [0.25, 0.3) is 0 Å². The number of benzene rings is 4. The van der Waals surface area contributed by atoms with Crippen LogP contribution < -0.4 is 14.1 Å². The van der Waals surface area contributed by atoms with Crippen LogP contribution in [0.3, 0.4) is 0 Å². The maximum atomic E-state index is 14.0. The molecule has 4 aromatic carbocycles. The summed E-state index contributed by atoms with van der Waals surface area (Å²) in [4.78, 5) is 35.0. The summed E-state index contributed by atoms with van der Waals surface area (Å²) < 4.78 is 32.0. The molecule has 3 atom stereocenters. The van der Waals surface area contributed by atoms with Crippen molar-refractivity contribution in [2.75, 3.05) is 9.96 Å². The van der Waals surface area contributed by atoms with E-state index in [1.807, 2.05) is 6.07 Å². The van der Waals surface area contributed by atoms with Crippen molar-refractivity contribution in [3.63, 3.8) is 0 Å². The van der Waals surface area contributed by atoms with E-state index in [1.165, 1.54) is 23.3 Å². The van der Waals surface area contributed by atoms with Crippen molar-refractivity contribution >= 4 is 44.9 Å². The van der Waals surface area contributed by atoms with Gasteiger partial charge in [-0.15, -0.1) is 0 Å². The van der Waals surface area contributed by atoms with Crippen LogP contribution >= 0.6 is 11.6 Å². The number of amides is 2. The number of anilines is 2. The van der Waals surface area contributed by atoms with Crippen LogP contribution in [0.2, 0.25) is 5.02 Å². The van der Waals surface area contributed by atoms with Gasteiger partial charge in [0.25, 0.3) is 5.91 Å². The molecule has 10 heteroatoms. The van der Waals surface area contributed by atoms with E-state index in [9.17, 15) is 18.0 Å². The van der Waals surface area contributed by atoms with Crippen LogP contribution in [0.15, 0.2) is 108 Å². The third kappa shape index (κ3) is 4.32. The normalized spacial score (nSPS) is 20.6. The number of para-hydroxylation sites is 2. The van der Waals surface area contributed by atoms with E-state index < -0.39 is 40.0 Å². The second-order valence-corrected chi connectivity index (χ2v) is 11.4. The lowest BCUT2D eigenvalue weighted by molar-refractivity contribution is -0.126. The van der Waals surface area contributed by atoms with Gasteiger partial charge in [-0.25, -0.2) is 9.96 Å². The molecule has 2 amide bonds. The summed E-state index contributed by atoms with van der Waals surface area (Å²) in [5.74, 6) is -1.97. The second kappa shape index (κ2) is 10.1. The first kappa shape index (κ1) is 26.1. The Bertz CT molecular complexity index is 1710. The fourth-order valence-electron chi connectivity index (χ4n) is 5.16. The smallest absolute Gasteiger partial charge is 0.339 e. The van der Waals surface area contributed by atoms with E-state index in [1.54, 1.807) is 85.8 Å². The quantitative estimate of drug-likeness (QED) is 0.223. The number of hydrogen-bond donors (Lipinski definition) is 0. The molecule has 0 saturated carbocycles. The van der Waals surface area contributed by atoms with Crippen molar-refractivity contribution in [1.29, 1.82) is 0 Å². The van der Waals surface area contributed by atoms with Gasteiger partial charge in [-0.3, -0.25) is 14.4 Å². The summed E-state index contributed by atoms with van der Waals surface area (Å²) in [5, 5.41) is 1.91. The molecule has 0 radical (unpaired) electrons. The number of hydroxylamine groups is 1. The van der Waals surface area contributed by atoms with E-state index in [0.717, 1.165) is 4.90 Å². The van der Waals surface area contributed by atoms with Crippen molar-refractivity contribution in [3.05, 3.63) is 119 Å². The minimum absolute atomic E-state index is 0.0139. The van der Waals surface area contributed by atoms with Crippen molar-refractivity contribution in [3.8, 4) is 5.75 Å².